The Hall–Kier alpha value is -2.73. The van der Waals surface area contributed by atoms with E-state index in [9.17, 15) is 4.79 Å². The number of methoxy groups -OCH3 is 2. The lowest BCUT2D eigenvalue weighted by atomic mass is 10.00. The minimum atomic E-state index is -0.561. The molecule has 0 unspecified atom stereocenters. The van der Waals surface area contributed by atoms with Gasteiger partial charge in [0, 0.05) is 21.7 Å². The molecule has 154 valence electrons. The molecule has 3 aromatic rings. The first-order valence-electron chi connectivity index (χ1n) is 8.64. The summed E-state index contributed by atoms with van der Waals surface area (Å²) < 4.78 is 15.3. The number of nitrogens with zero attached hydrogens (tertiary/aromatic N) is 1. The minimum Gasteiger partial charge on any atom is -0.503 e. The zero-order valence-corrected chi connectivity index (χ0v) is 18.3. The fourth-order valence-corrected chi connectivity index (χ4v) is 3.21. The summed E-state index contributed by atoms with van der Waals surface area (Å²) in [6, 6.07) is 13.9. The first kappa shape index (κ1) is 22.0. The fourth-order valence-electron chi connectivity index (χ4n) is 2.70. The predicted molar refractivity (Wildman–Crippen MR) is 119 cm³/mol. The zero-order valence-electron chi connectivity index (χ0n) is 16.0. The molecular formula is C22H16Cl3NO4. The van der Waals surface area contributed by atoms with Crippen molar-refractivity contribution in [1.29, 1.82) is 0 Å². The lowest BCUT2D eigenvalue weighted by Crippen LogP contribution is -2.06. The quantitative estimate of drug-likeness (QED) is 0.235. The maximum Gasteiger partial charge on any atom is 0.341 e. The van der Waals surface area contributed by atoms with Gasteiger partial charge < -0.3 is 14.0 Å². The van der Waals surface area contributed by atoms with Gasteiger partial charge in [0.05, 0.1) is 25.5 Å². The van der Waals surface area contributed by atoms with E-state index in [0.29, 0.717) is 32.6 Å². The molecule has 0 radical (unpaired) electrons. The van der Waals surface area contributed by atoms with Crippen molar-refractivity contribution in [1.82, 2.24) is 5.16 Å². The first-order chi connectivity index (χ1) is 14.4. The van der Waals surface area contributed by atoms with Crippen molar-refractivity contribution in [2.24, 2.45) is 0 Å². The van der Waals surface area contributed by atoms with E-state index in [2.05, 4.69) is 5.16 Å². The number of hydrogen-bond acceptors (Lipinski definition) is 5. The number of carbonyl (C=O) groups is 1. The summed E-state index contributed by atoms with van der Waals surface area (Å²) in [4.78, 5) is 12.2. The van der Waals surface area contributed by atoms with Crippen LogP contribution in [0.15, 0.2) is 59.3 Å². The van der Waals surface area contributed by atoms with Gasteiger partial charge >= 0.3 is 5.97 Å². The summed E-state index contributed by atoms with van der Waals surface area (Å²) in [6.07, 6.45) is 2.93. The fraction of sp³-hybridized carbons (Fsp3) is 0.0909. The molecule has 0 saturated heterocycles. The van der Waals surface area contributed by atoms with Crippen LogP contribution in [0.2, 0.25) is 10.0 Å². The smallest absolute Gasteiger partial charge is 0.341 e. The number of ether oxygens (including phenoxy) is 2. The number of carbonyl (C=O) groups excluding carboxylic acids is 1. The Morgan fingerprint density at radius 3 is 2.40 bits per heavy atom. The van der Waals surface area contributed by atoms with Crippen LogP contribution >= 0.6 is 34.8 Å². The van der Waals surface area contributed by atoms with Crippen molar-refractivity contribution in [3.05, 3.63) is 81.7 Å². The van der Waals surface area contributed by atoms with E-state index in [-0.39, 0.29) is 10.6 Å². The number of esters is 1. The van der Waals surface area contributed by atoms with Crippen LogP contribution in [0.25, 0.3) is 27.9 Å². The average Bonchev–Trinajstić information content (AvgIpc) is 3.23. The van der Waals surface area contributed by atoms with Crippen LogP contribution in [-0.2, 0) is 14.3 Å². The van der Waals surface area contributed by atoms with E-state index in [1.54, 1.807) is 42.5 Å². The molecule has 0 fully saturated rings. The summed E-state index contributed by atoms with van der Waals surface area (Å²) in [5, 5.41) is 5.41. The molecular weight excluding hydrogens is 449 g/mol. The molecule has 1 heterocycles. The molecule has 0 saturated carbocycles. The van der Waals surface area contributed by atoms with Gasteiger partial charge in [0.15, 0.2) is 5.76 Å². The summed E-state index contributed by atoms with van der Waals surface area (Å²) in [6.45, 7) is 0. The van der Waals surface area contributed by atoms with Crippen LogP contribution < -0.4 is 0 Å². The average molecular weight is 465 g/mol. The lowest BCUT2D eigenvalue weighted by Gasteiger charge is -2.10. The van der Waals surface area contributed by atoms with Gasteiger partial charge in [-0.2, -0.15) is 0 Å². The molecule has 2 aromatic carbocycles. The van der Waals surface area contributed by atoms with Gasteiger partial charge in [-0.05, 0) is 41.5 Å². The van der Waals surface area contributed by atoms with Crippen LogP contribution in [-0.4, -0.2) is 25.3 Å². The Kier molecular flexibility index (Phi) is 7.21. The second kappa shape index (κ2) is 9.85. The van der Waals surface area contributed by atoms with E-state index in [1.807, 2.05) is 12.1 Å². The largest absolute Gasteiger partial charge is 0.503 e. The molecule has 1 aromatic heterocycles. The summed E-state index contributed by atoms with van der Waals surface area (Å²) in [5.74, 6) is -0.211. The first-order valence-corrected chi connectivity index (χ1v) is 9.77. The number of rotatable bonds is 6. The second-order valence-corrected chi connectivity index (χ2v) is 7.35. The summed E-state index contributed by atoms with van der Waals surface area (Å²) in [5.41, 5.74) is 2.76. The number of benzene rings is 2. The Labute approximate surface area is 188 Å². The number of aromatic nitrogens is 1. The number of halogens is 3. The molecule has 8 heteroatoms. The van der Waals surface area contributed by atoms with Crippen LogP contribution in [0, 0.1) is 0 Å². The molecule has 0 spiro atoms. The van der Waals surface area contributed by atoms with Crippen molar-refractivity contribution >= 4 is 57.5 Å². The highest BCUT2D eigenvalue weighted by Gasteiger charge is 2.18. The van der Waals surface area contributed by atoms with E-state index >= 15 is 0 Å². The highest BCUT2D eigenvalue weighted by atomic mass is 35.5. The molecule has 0 N–H and O–H groups in total. The monoisotopic (exact) mass is 463 g/mol. The van der Waals surface area contributed by atoms with Gasteiger partial charge in [-0.15, -0.1) is 0 Å². The molecule has 5 nitrogen and oxygen atoms in total. The Bertz CT molecular complexity index is 1120. The Morgan fingerprint density at radius 1 is 1.03 bits per heavy atom. The van der Waals surface area contributed by atoms with Gasteiger partial charge in [-0.1, -0.05) is 58.2 Å². The molecule has 0 bridgehead atoms. The van der Waals surface area contributed by atoms with Crippen molar-refractivity contribution in [3.63, 3.8) is 0 Å². The second-order valence-electron chi connectivity index (χ2n) is 6.07. The molecule has 0 aliphatic carbocycles. The Morgan fingerprint density at radius 2 is 1.73 bits per heavy atom. The third-order valence-corrected chi connectivity index (χ3v) is 4.89. The summed E-state index contributed by atoms with van der Waals surface area (Å²) >= 11 is 18.6. The molecule has 0 atom stereocenters. The van der Waals surface area contributed by atoms with Crippen LogP contribution in [0.3, 0.4) is 0 Å². The van der Waals surface area contributed by atoms with Crippen LogP contribution in [0.1, 0.15) is 16.9 Å². The standard InChI is InChI=1S/C22H16Cl3NO4/c1-28-12-18(22(27)29-2)17-8-7-16(24)9-14(17)10-19(25)21-11-20(26-30-21)13-3-5-15(23)6-4-13/h3-12H,1-2H3/b18-12+,19-10?. The van der Waals surface area contributed by atoms with E-state index in [1.165, 1.54) is 20.5 Å². The highest BCUT2D eigenvalue weighted by molar-refractivity contribution is 6.51. The summed E-state index contributed by atoms with van der Waals surface area (Å²) in [7, 11) is 2.73. The molecule has 3 rings (SSSR count). The predicted octanol–water partition coefficient (Wildman–Crippen LogP) is 6.55. The van der Waals surface area contributed by atoms with Gasteiger partial charge in [0.25, 0.3) is 0 Å². The maximum atomic E-state index is 12.2. The van der Waals surface area contributed by atoms with Gasteiger partial charge in [0.1, 0.15) is 11.3 Å². The van der Waals surface area contributed by atoms with Crippen LogP contribution in [0.5, 0.6) is 0 Å². The third kappa shape index (κ3) is 5.05. The van der Waals surface area contributed by atoms with Gasteiger partial charge in [-0.3, -0.25) is 0 Å². The van der Waals surface area contributed by atoms with Crippen molar-refractivity contribution < 1.29 is 18.8 Å². The SMILES string of the molecule is CO/C=C(/C(=O)OC)c1ccc(Cl)cc1C=C(Cl)c1cc(-c2ccc(Cl)cc2)no1. The van der Waals surface area contributed by atoms with E-state index in [0.717, 1.165) is 5.56 Å². The van der Waals surface area contributed by atoms with Gasteiger partial charge in [0.2, 0.25) is 0 Å². The molecule has 0 aliphatic heterocycles. The maximum absolute atomic E-state index is 12.2. The lowest BCUT2D eigenvalue weighted by molar-refractivity contribution is -0.133. The molecule has 0 aliphatic rings. The van der Waals surface area contributed by atoms with E-state index < -0.39 is 5.97 Å². The van der Waals surface area contributed by atoms with Crippen molar-refractivity contribution in [3.8, 4) is 11.3 Å². The normalized spacial score (nSPS) is 12.0. The molecule has 30 heavy (non-hydrogen) atoms. The van der Waals surface area contributed by atoms with Crippen molar-refractivity contribution in [2.45, 2.75) is 0 Å². The number of hydrogen-bond donors (Lipinski definition) is 0. The van der Waals surface area contributed by atoms with Gasteiger partial charge in [-0.25, -0.2) is 4.79 Å². The van der Waals surface area contributed by atoms with E-state index in [4.69, 9.17) is 48.8 Å². The topological polar surface area (TPSA) is 61.6 Å². The zero-order chi connectivity index (χ0) is 21.7. The third-order valence-electron chi connectivity index (χ3n) is 4.11. The van der Waals surface area contributed by atoms with Crippen LogP contribution in [0.4, 0.5) is 0 Å². The van der Waals surface area contributed by atoms with Crippen molar-refractivity contribution in [2.75, 3.05) is 14.2 Å². The molecule has 0 amide bonds. The highest BCUT2D eigenvalue weighted by Crippen LogP contribution is 2.31. The Balaban J connectivity index is 2.00. The minimum absolute atomic E-state index is 0.215.